The molecule has 1 aromatic heterocycles. The van der Waals surface area contributed by atoms with E-state index in [0.29, 0.717) is 19.5 Å². The highest BCUT2D eigenvalue weighted by atomic mass is 35.5. The molecule has 0 fully saturated rings. The number of hydrogen-bond acceptors (Lipinski definition) is 2. The maximum absolute atomic E-state index is 12.9. The fourth-order valence-electron chi connectivity index (χ4n) is 2.05. The quantitative estimate of drug-likeness (QED) is 0.378. The fraction of sp³-hybridized carbons (Fsp3) is 0.286. The van der Waals surface area contributed by atoms with Crippen LogP contribution in [-0.4, -0.2) is 29.9 Å². The van der Waals surface area contributed by atoms with Gasteiger partial charge >= 0.3 is 6.18 Å². The zero-order valence-corrected chi connectivity index (χ0v) is 13.3. The summed E-state index contributed by atoms with van der Waals surface area (Å²) in [5.74, 6) is -0.870. The molecular weight excluding hydrogens is 347 g/mol. The van der Waals surface area contributed by atoms with Crippen LogP contribution >= 0.6 is 12.4 Å². The summed E-state index contributed by atoms with van der Waals surface area (Å²) >= 11 is 0. The lowest BCUT2D eigenvalue weighted by Crippen LogP contribution is -2.34. The Kier molecular flexibility index (Phi) is 6.61. The third kappa shape index (κ3) is 4.62. The molecule has 2 rings (SSSR count). The molecule has 132 valence electrons. The molecule has 0 radical (unpaired) electrons. The van der Waals surface area contributed by atoms with Crippen molar-refractivity contribution in [2.75, 3.05) is 13.1 Å². The van der Waals surface area contributed by atoms with E-state index in [0.717, 1.165) is 12.1 Å². The molecule has 0 unspecified atom stereocenters. The monoisotopic (exact) mass is 363 g/mol. The number of benzene rings is 1. The Labute approximate surface area is 141 Å². The number of nitrogens with two attached hydrogens (primary N) is 2. The van der Waals surface area contributed by atoms with E-state index in [1.807, 2.05) is 0 Å². The Morgan fingerprint density at radius 3 is 2.67 bits per heavy atom. The van der Waals surface area contributed by atoms with Gasteiger partial charge in [-0.3, -0.25) is 4.79 Å². The van der Waals surface area contributed by atoms with E-state index < -0.39 is 17.6 Å². The van der Waals surface area contributed by atoms with E-state index >= 15 is 0 Å². The van der Waals surface area contributed by atoms with Crippen molar-refractivity contribution in [3.05, 3.63) is 35.5 Å². The maximum atomic E-state index is 12.9. The van der Waals surface area contributed by atoms with E-state index in [-0.39, 0.29) is 35.0 Å². The minimum atomic E-state index is -4.51. The summed E-state index contributed by atoms with van der Waals surface area (Å²) in [6, 6.07) is 4.80. The van der Waals surface area contributed by atoms with Gasteiger partial charge < -0.3 is 21.8 Å². The van der Waals surface area contributed by atoms with Crippen LogP contribution in [0.5, 0.6) is 0 Å². The van der Waals surface area contributed by atoms with Crippen LogP contribution in [0.4, 0.5) is 13.2 Å². The molecule has 1 heterocycles. The van der Waals surface area contributed by atoms with Gasteiger partial charge in [-0.2, -0.15) is 18.2 Å². The molecule has 10 heteroatoms. The fourth-order valence-corrected chi connectivity index (χ4v) is 2.05. The highest BCUT2D eigenvalue weighted by molar-refractivity contribution is 6.04. The molecule has 1 amide bonds. The third-order valence-corrected chi connectivity index (χ3v) is 3.11. The predicted molar refractivity (Wildman–Crippen MR) is 88.2 cm³/mol. The van der Waals surface area contributed by atoms with Crippen molar-refractivity contribution in [3.8, 4) is 0 Å². The largest absolute Gasteiger partial charge is 0.417 e. The molecule has 24 heavy (non-hydrogen) atoms. The molecule has 2 aromatic rings. The zero-order chi connectivity index (χ0) is 17.0. The molecule has 6 N–H and O–H groups in total. The van der Waals surface area contributed by atoms with Crippen LogP contribution in [0.1, 0.15) is 22.5 Å². The van der Waals surface area contributed by atoms with Crippen LogP contribution in [-0.2, 0) is 6.18 Å². The normalized spacial score (nSPS) is 12.1. The molecule has 1 aromatic carbocycles. The van der Waals surface area contributed by atoms with Gasteiger partial charge in [-0.1, -0.05) is 6.07 Å². The van der Waals surface area contributed by atoms with Crippen molar-refractivity contribution in [2.24, 2.45) is 16.5 Å². The van der Waals surface area contributed by atoms with Gasteiger partial charge in [0.25, 0.3) is 5.91 Å². The molecule has 0 aliphatic carbocycles. The van der Waals surface area contributed by atoms with Crippen molar-refractivity contribution in [1.29, 1.82) is 0 Å². The molecule has 0 saturated heterocycles. The molecule has 6 nitrogen and oxygen atoms in total. The van der Waals surface area contributed by atoms with Crippen LogP contribution < -0.4 is 16.8 Å². The SMILES string of the molecule is Cl.NCCCNC(N)=NC(=O)c1cc2c(C(F)(F)F)cccc2[nH]1. The lowest BCUT2D eigenvalue weighted by atomic mass is 10.1. The van der Waals surface area contributed by atoms with Crippen molar-refractivity contribution in [2.45, 2.75) is 12.6 Å². The van der Waals surface area contributed by atoms with Crippen LogP contribution in [0.2, 0.25) is 0 Å². The lowest BCUT2D eigenvalue weighted by molar-refractivity contribution is -0.136. The van der Waals surface area contributed by atoms with Gasteiger partial charge in [-0.25, -0.2) is 0 Å². The number of rotatable bonds is 4. The molecule has 0 atom stereocenters. The number of nitrogens with one attached hydrogen (secondary N) is 2. The second-order valence-corrected chi connectivity index (χ2v) is 4.82. The van der Waals surface area contributed by atoms with Gasteiger partial charge in [0.2, 0.25) is 0 Å². The second kappa shape index (κ2) is 8.02. The number of nitrogens with zero attached hydrogens (tertiary/aromatic N) is 1. The third-order valence-electron chi connectivity index (χ3n) is 3.11. The van der Waals surface area contributed by atoms with E-state index in [1.54, 1.807) is 0 Å². The number of carbonyl (C=O) groups excluding carboxylic acids is 1. The van der Waals surface area contributed by atoms with Gasteiger partial charge in [0.15, 0.2) is 5.96 Å². The topological polar surface area (TPSA) is 109 Å². The smallest absolute Gasteiger partial charge is 0.370 e. The van der Waals surface area contributed by atoms with Gasteiger partial charge in [0, 0.05) is 17.4 Å². The minimum absolute atomic E-state index is 0. The Morgan fingerprint density at radius 1 is 1.33 bits per heavy atom. The van der Waals surface area contributed by atoms with Crippen LogP contribution in [0.25, 0.3) is 10.9 Å². The first-order valence-electron chi connectivity index (χ1n) is 6.84. The highest BCUT2D eigenvalue weighted by Crippen LogP contribution is 2.35. The second-order valence-electron chi connectivity index (χ2n) is 4.82. The molecule has 0 bridgehead atoms. The summed E-state index contributed by atoms with van der Waals surface area (Å²) in [5.41, 5.74) is 10.2. The molecule has 0 aliphatic rings. The number of fused-ring (bicyclic) bond motifs is 1. The number of aromatic nitrogens is 1. The molecule has 0 aliphatic heterocycles. The predicted octanol–water partition coefficient (Wildman–Crippen LogP) is 2.00. The van der Waals surface area contributed by atoms with E-state index in [9.17, 15) is 18.0 Å². The number of H-pyrrole nitrogens is 1. The van der Waals surface area contributed by atoms with Gasteiger partial charge in [0.1, 0.15) is 5.69 Å². The number of carbonyl (C=O) groups is 1. The Balaban J connectivity index is 0.00000288. The van der Waals surface area contributed by atoms with Crippen molar-refractivity contribution < 1.29 is 18.0 Å². The first-order chi connectivity index (χ1) is 10.8. The van der Waals surface area contributed by atoms with Gasteiger partial charge in [0.05, 0.1) is 5.56 Å². The standard InChI is InChI=1S/C14H16F3N5O.ClH/c15-14(16,17)9-3-1-4-10-8(9)7-11(21-10)12(23)22-13(19)20-6-2-5-18;/h1,3-4,7,21H,2,5-6,18H2,(H3,19,20,22,23);1H. The number of amides is 1. The summed E-state index contributed by atoms with van der Waals surface area (Å²) in [7, 11) is 0. The number of hydrogen-bond donors (Lipinski definition) is 4. The Hall–Kier alpha value is -2.26. The summed E-state index contributed by atoms with van der Waals surface area (Å²) in [6.45, 7) is 0.903. The molecule has 0 spiro atoms. The van der Waals surface area contributed by atoms with Gasteiger partial charge in [-0.15, -0.1) is 12.4 Å². The zero-order valence-electron chi connectivity index (χ0n) is 12.5. The summed E-state index contributed by atoms with van der Waals surface area (Å²) in [4.78, 5) is 18.2. The number of halogens is 4. The number of guanidine groups is 1. The summed E-state index contributed by atoms with van der Waals surface area (Å²) < 4.78 is 38.8. The maximum Gasteiger partial charge on any atom is 0.417 e. The van der Waals surface area contributed by atoms with Crippen LogP contribution in [0, 0.1) is 0 Å². The number of alkyl halides is 3. The molecular formula is C14H17ClF3N5O. The first-order valence-corrected chi connectivity index (χ1v) is 6.84. The average molecular weight is 364 g/mol. The van der Waals surface area contributed by atoms with Crippen LogP contribution in [0.15, 0.2) is 29.3 Å². The van der Waals surface area contributed by atoms with Gasteiger partial charge in [-0.05, 0) is 31.2 Å². The Bertz CT molecular complexity index is 742. The lowest BCUT2D eigenvalue weighted by Gasteiger charge is -2.06. The van der Waals surface area contributed by atoms with Crippen molar-refractivity contribution in [1.82, 2.24) is 10.3 Å². The van der Waals surface area contributed by atoms with Crippen molar-refractivity contribution >= 4 is 35.2 Å². The van der Waals surface area contributed by atoms with E-state index in [4.69, 9.17) is 11.5 Å². The molecule has 0 saturated carbocycles. The van der Waals surface area contributed by atoms with Crippen LogP contribution in [0.3, 0.4) is 0 Å². The Morgan fingerprint density at radius 2 is 2.04 bits per heavy atom. The van der Waals surface area contributed by atoms with E-state index in [2.05, 4.69) is 15.3 Å². The minimum Gasteiger partial charge on any atom is -0.370 e. The first kappa shape index (κ1) is 19.8. The highest BCUT2D eigenvalue weighted by Gasteiger charge is 2.33. The number of aliphatic imine (C=N–C) groups is 1. The van der Waals surface area contributed by atoms with E-state index in [1.165, 1.54) is 12.1 Å². The summed E-state index contributed by atoms with van der Waals surface area (Å²) in [5, 5.41) is 2.60. The number of aromatic amines is 1. The summed E-state index contributed by atoms with van der Waals surface area (Å²) in [6.07, 6.45) is -3.86. The van der Waals surface area contributed by atoms with Crippen molar-refractivity contribution in [3.63, 3.8) is 0 Å². The average Bonchev–Trinajstić information content (AvgIpc) is 2.90.